The molecule has 1 heterocycles. The maximum Gasteiger partial charge on any atom is 0.258 e. The normalized spacial score (nSPS) is 10.3. The highest BCUT2D eigenvalue weighted by Gasteiger charge is 2.09. The summed E-state index contributed by atoms with van der Waals surface area (Å²) in [4.78, 5) is 16.0. The lowest BCUT2D eigenvalue weighted by atomic mass is 10.2. The Morgan fingerprint density at radius 3 is 2.71 bits per heavy atom. The van der Waals surface area contributed by atoms with Crippen LogP contribution in [0.3, 0.4) is 0 Å². The highest BCUT2D eigenvalue weighted by atomic mass is 35.5. The molecule has 0 saturated heterocycles. The summed E-state index contributed by atoms with van der Waals surface area (Å²) in [6.07, 6.45) is 0.567. The van der Waals surface area contributed by atoms with Crippen molar-refractivity contribution in [1.82, 2.24) is 9.55 Å². The smallest absolute Gasteiger partial charge is 0.258 e. The maximum atomic E-state index is 11.8. The predicted octanol–water partition coefficient (Wildman–Crippen LogP) is 0.912. The second-order valence-electron chi connectivity index (χ2n) is 3.05. The molecule has 14 heavy (non-hydrogen) atoms. The largest absolute Gasteiger partial charge is 0.359 e. The minimum Gasteiger partial charge on any atom is -0.359 e. The Kier molecular flexibility index (Phi) is 3.52. The van der Waals surface area contributed by atoms with E-state index in [0.29, 0.717) is 23.8 Å². The molecule has 0 unspecified atom stereocenters. The summed E-state index contributed by atoms with van der Waals surface area (Å²) < 4.78 is 1.49. The average molecular weight is 216 g/mol. The third-order valence-electron chi connectivity index (χ3n) is 2.16. The van der Waals surface area contributed by atoms with Gasteiger partial charge in [-0.25, -0.2) is 4.98 Å². The summed E-state index contributed by atoms with van der Waals surface area (Å²) in [7, 11) is 3.43. The fourth-order valence-electron chi connectivity index (χ4n) is 1.36. The van der Waals surface area contributed by atoms with Crippen molar-refractivity contribution in [3.05, 3.63) is 21.6 Å². The van der Waals surface area contributed by atoms with E-state index in [4.69, 9.17) is 11.6 Å². The van der Waals surface area contributed by atoms with E-state index in [2.05, 4.69) is 10.3 Å². The molecule has 0 saturated carbocycles. The van der Waals surface area contributed by atoms with Crippen molar-refractivity contribution in [2.75, 3.05) is 18.2 Å². The van der Waals surface area contributed by atoms with Gasteiger partial charge in [-0.15, -0.1) is 11.6 Å². The fraction of sp³-hybridized carbons (Fsp3) is 0.556. The molecule has 0 aliphatic carbocycles. The minimum atomic E-state index is -0.0255. The van der Waals surface area contributed by atoms with E-state index in [1.54, 1.807) is 14.1 Å². The lowest BCUT2D eigenvalue weighted by Gasteiger charge is -2.10. The standard InChI is InChI=1S/C9H14ClN3O/c1-6-7(4-5-10)8(14)13(3)9(11-2)12-6/h4-5H2,1-3H3,(H,11,12). The highest BCUT2D eigenvalue weighted by Crippen LogP contribution is 2.05. The van der Waals surface area contributed by atoms with Crippen LogP contribution in [0, 0.1) is 6.92 Å². The second kappa shape index (κ2) is 4.46. The molecule has 1 aromatic rings. The summed E-state index contributed by atoms with van der Waals surface area (Å²) in [6.45, 7) is 1.82. The van der Waals surface area contributed by atoms with Gasteiger partial charge in [0, 0.05) is 31.2 Å². The van der Waals surface area contributed by atoms with Crippen LogP contribution in [0.25, 0.3) is 0 Å². The van der Waals surface area contributed by atoms with Gasteiger partial charge in [0.25, 0.3) is 5.56 Å². The summed E-state index contributed by atoms with van der Waals surface area (Å²) in [6, 6.07) is 0. The first-order chi connectivity index (χ1) is 6.61. The van der Waals surface area contributed by atoms with Gasteiger partial charge in [-0.2, -0.15) is 0 Å². The summed E-state index contributed by atoms with van der Waals surface area (Å²) in [5.74, 6) is 1.02. The number of nitrogens with one attached hydrogen (secondary N) is 1. The van der Waals surface area contributed by atoms with E-state index in [0.717, 1.165) is 5.69 Å². The minimum absolute atomic E-state index is 0.0255. The van der Waals surface area contributed by atoms with E-state index in [-0.39, 0.29) is 5.56 Å². The zero-order valence-corrected chi connectivity index (χ0v) is 9.35. The zero-order chi connectivity index (χ0) is 10.7. The molecule has 0 aromatic carbocycles. The zero-order valence-electron chi connectivity index (χ0n) is 8.59. The molecule has 1 aromatic heterocycles. The van der Waals surface area contributed by atoms with Gasteiger partial charge in [0.2, 0.25) is 5.95 Å². The van der Waals surface area contributed by atoms with E-state index in [1.807, 2.05) is 6.92 Å². The molecular weight excluding hydrogens is 202 g/mol. The van der Waals surface area contributed by atoms with Crippen LogP contribution in [-0.2, 0) is 13.5 Å². The molecule has 0 bridgehead atoms. The third-order valence-corrected chi connectivity index (χ3v) is 2.35. The number of anilines is 1. The van der Waals surface area contributed by atoms with Gasteiger partial charge < -0.3 is 5.32 Å². The van der Waals surface area contributed by atoms with Crippen LogP contribution >= 0.6 is 11.6 Å². The van der Waals surface area contributed by atoms with Gasteiger partial charge in [-0.05, 0) is 13.3 Å². The van der Waals surface area contributed by atoms with Crippen LogP contribution in [0.15, 0.2) is 4.79 Å². The third kappa shape index (κ3) is 1.90. The maximum absolute atomic E-state index is 11.8. The van der Waals surface area contributed by atoms with Crippen molar-refractivity contribution >= 4 is 17.5 Å². The van der Waals surface area contributed by atoms with Crippen molar-refractivity contribution in [2.24, 2.45) is 7.05 Å². The first kappa shape index (κ1) is 11.0. The topological polar surface area (TPSA) is 46.9 Å². The number of alkyl halides is 1. The lowest BCUT2D eigenvalue weighted by molar-refractivity contribution is 0.796. The summed E-state index contributed by atoms with van der Waals surface area (Å²) >= 11 is 5.61. The van der Waals surface area contributed by atoms with Gasteiger partial charge in [0.1, 0.15) is 0 Å². The van der Waals surface area contributed by atoms with Gasteiger partial charge in [-0.1, -0.05) is 0 Å². The number of hydrogen-bond donors (Lipinski definition) is 1. The Bertz CT molecular complexity index is 386. The fourth-order valence-corrected chi connectivity index (χ4v) is 1.55. The Morgan fingerprint density at radius 1 is 1.57 bits per heavy atom. The molecule has 0 amide bonds. The number of rotatable bonds is 3. The van der Waals surface area contributed by atoms with Crippen molar-refractivity contribution in [2.45, 2.75) is 13.3 Å². The Hall–Kier alpha value is -1.03. The Balaban J connectivity index is 3.34. The molecule has 0 fully saturated rings. The molecule has 0 aliphatic heterocycles. The number of aryl methyl sites for hydroxylation is 1. The molecule has 0 aliphatic rings. The van der Waals surface area contributed by atoms with Crippen LogP contribution in [0.5, 0.6) is 0 Å². The lowest BCUT2D eigenvalue weighted by Crippen LogP contribution is -2.26. The van der Waals surface area contributed by atoms with Crippen LogP contribution in [0.2, 0.25) is 0 Å². The molecule has 1 rings (SSSR count). The van der Waals surface area contributed by atoms with Crippen molar-refractivity contribution < 1.29 is 0 Å². The molecular formula is C9H14ClN3O. The van der Waals surface area contributed by atoms with Crippen LogP contribution in [0.4, 0.5) is 5.95 Å². The number of halogens is 1. The molecule has 0 radical (unpaired) electrons. The van der Waals surface area contributed by atoms with E-state index in [9.17, 15) is 4.79 Å². The van der Waals surface area contributed by atoms with Gasteiger partial charge in [0.15, 0.2) is 0 Å². The van der Waals surface area contributed by atoms with E-state index >= 15 is 0 Å². The molecule has 0 spiro atoms. The molecule has 78 valence electrons. The van der Waals surface area contributed by atoms with E-state index in [1.165, 1.54) is 4.57 Å². The van der Waals surface area contributed by atoms with Gasteiger partial charge in [0.05, 0.1) is 0 Å². The van der Waals surface area contributed by atoms with Crippen molar-refractivity contribution in [1.29, 1.82) is 0 Å². The number of hydrogen-bond acceptors (Lipinski definition) is 3. The SMILES string of the molecule is CNc1nc(C)c(CCCl)c(=O)n1C. The Morgan fingerprint density at radius 2 is 2.21 bits per heavy atom. The highest BCUT2D eigenvalue weighted by molar-refractivity contribution is 6.17. The van der Waals surface area contributed by atoms with Crippen molar-refractivity contribution in [3.8, 4) is 0 Å². The van der Waals surface area contributed by atoms with E-state index < -0.39 is 0 Å². The van der Waals surface area contributed by atoms with Crippen LogP contribution < -0.4 is 10.9 Å². The first-order valence-electron chi connectivity index (χ1n) is 4.42. The number of nitrogens with zero attached hydrogens (tertiary/aromatic N) is 2. The average Bonchev–Trinajstić information content (AvgIpc) is 2.18. The first-order valence-corrected chi connectivity index (χ1v) is 4.95. The molecule has 4 nitrogen and oxygen atoms in total. The summed E-state index contributed by atoms with van der Waals surface area (Å²) in [5.41, 5.74) is 1.42. The molecule has 5 heteroatoms. The van der Waals surface area contributed by atoms with Crippen LogP contribution in [-0.4, -0.2) is 22.5 Å². The summed E-state index contributed by atoms with van der Waals surface area (Å²) in [5, 5.41) is 2.87. The van der Waals surface area contributed by atoms with Gasteiger partial charge in [-0.3, -0.25) is 9.36 Å². The molecule has 1 N–H and O–H groups in total. The van der Waals surface area contributed by atoms with Crippen molar-refractivity contribution in [3.63, 3.8) is 0 Å². The Labute approximate surface area is 87.9 Å². The second-order valence-corrected chi connectivity index (χ2v) is 3.43. The van der Waals surface area contributed by atoms with Gasteiger partial charge >= 0.3 is 0 Å². The predicted molar refractivity (Wildman–Crippen MR) is 58.2 cm³/mol. The number of aromatic nitrogens is 2. The van der Waals surface area contributed by atoms with Crippen LogP contribution in [0.1, 0.15) is 11.3 Å². The quantitative estimate of drug-likeness (QED) is 0.763. The monoisotopic (exact) mass is 215 g/mol. The molecule has 0 atom stereocenters.